The van der Waals surface area contributed by atoms with Crippen LogP contribution >= 0.6 is 22.6 Å². The fraction of sp³-hybridized carbons (Fsp3) is 0.0667. The van der Waals surface area contributed by atoms with Gasteiger partial charge in [0.2, 0.25) is 0 Å². The van der Waals surface area contributed by atoms with Crippen molar-refractivity contribution in [3.05, 3.63) is 63.5 Å². The fourth-order valence-corrected chi connectivity index (χ4v) is 2.37. The van der Waals surface area contributed by atoms with Gasteiger partial charge in [0.25, 0.3) is 0 Å². The van der Waals surface area contributed by atoms with Crippen LogP contribution in [0.25, 0.3) is 10.9 Å². The smallest absolute Gasteiger partial charge is 0.135 e. The first-order valence-corrected chi connectivity index (χ1v) is 7.06. The topological polar surface area (TPSA) is 51.8 Å². The third-order valence-corrected chi connectivity index (χ3v) is 3.67. The van der Waals surface area contributed by atoms with Gasteiger partial charge in [0.05, 0.1) is 5.52 Å². The summed E-state index contributed by atoms with van der Waals surface area (Å²) < 4.78 is 1.22. The standard InChI is InChI=1S/C15H12IN3/c16-11-7-5-10(6-8-11)9-14-18-13-4-2-1-3-12(13)15(17)19-14/h1-8H,9H2,(H2,17,18,19). The highest BCUT2D eigenvalue weighted by molar-refractivity contribution is 14.1. The van der Waals surface area contributed by atoms with E-state index >= 15 is 0 Å². The number of para-hydroxylation sites is 1. The Morgan fingerprint density at radius 3 is 2.47 bits per heavy atom. The van der Waals surface area contributed by atoms with Crippen molar-refractivity contribution in [2.75, 3.05) is 5.73 Å². The van der Waals surface area contributed by atoms with Crippen LogP contribution in [0, 0.1) is 3.57 Å². The average Bonchev–Trinajstić information content (AvgIpc) is 2.42. The molecule has 94 valence electrons. The zero-order valence-corrected chi connectivity index (χ0v) is 12.3. The Bertz CT molecular complexity index is 723. The summed E-state index contributed by atoms with van der Waals surface area (Å²) in [6.07, 6.45) is 0.700. The summed E-state index contributed by atoms with van der Waals surface area (Å²) in [5.74, 6) is 1.31. The number of anilines is 1. The first kappa shape index (κ1) is 12.3. The molecule has 0 fully saturated rings. The van der Waals surface area contributed by atoms with E-state index in [4.69, 9.17) is 5.73 Å². The van der Waals surface area contributed by atoms with Gasteiger partial charge in [0.1, 0.15) is 11.6 Å². The maximum atomic E-state index is 5.98. The average molecular weight is 361 g/mol. The van der Waals surface area contributed by atoms with Crippen LogP contribution in [-0.4, -0.2) is 9.97 Å². The van der Waals surface area contributed by atoms with Crippen LogP contribution < -0.4 is 5.73 Å². The highest BCUT2D eigenvalue weighted by Gasteiger charge is 2.05. The van der Waals surface area contributed by atoms with Crippen molar-refractivity contribution in [1.82, 2.24) is 9.97 Å². The van der Waals surface area contributed by atoms with E-state index in [1.54, 1.807) is 0 Å². The van der Waals surface area contributed by atoms with E-state index < -0.39 is 0 Å². The van der Waals surface area contributed by atoms with Crippen LogP contribution in [0.2, 0.25) is 0 Å². The van der Waals surface area contributed by atoms with Crippen LogP contribution in [0.3, 0.4) is 0 Å². The molecule has 0 saturated heterocycles. The number of hydrogen-bond acceptors (Lipinski definition) is 3. The summed E-state index contributed by atoms with van der Waals surface area (Å²) in [6.45, 7) is 0. The van der Waals surface area contributed by atoms with Crippen molar-refractivity contribution < 1.29 is 0 Å². The number of benzene rings is 2. The summed E-state index contributed by atoms with van der Waals surface area (Å²) >= 11 is 2.29. The molecule has 0 bridgehead atoms. The van der Waals surface area contributed by atoms with Gasteiger partial charge in [0, 0.05) is 15.4 Å². The molecule has 0 atom stereocenters. The van der Waals surface area contributed by atoms with Gasteiger partial charge in [-0.2, -0.15) is 0 Å². The predicted octanol–water partition coefficient (Wildman–Crippen LogP) is 3.41. The first-order valence-electron chi connectivity index (χ1n) is 5.98. The number of nitrogen functional groups attached to an aromatic ring is 1. The molecule has 0 aliphatic heterocycles. The van der Waals surface area contributed by atoms with Gasteiger partial charge < -0.3 is 5.73 Å². The second kappa shape index (κ2) is 5.13. The Kier molecular flexibility index (Phi) is 3.33. The number of hydrogen-bond donors (Lipinski definition) is 1. The molecule has 0 saturated carbocycles. The first-order chi connectivity index (χ1) is 9.22. The molecule has 3 aromatic rings. The molecule has 0 spiro atoms. The fourth-order valence-electron chi connectivity index (χ4n) is 2.01. The molecule has 19 heavy (non-hydrogen) atoms. The molecule has 0 aliphatic rings. The molecule has 0 unspecified atom stereocenters. The third kappa shape index (κ3) is 2.68. The van der Waals surface area contributed by atoms with Crippen LogP contribution in [0.15, 0.2) is 48.5 Å². The van der Waals surface area contributed by atoms with Crippen molar-refractivity contribution in [2.24, 2.45) is 0 Å². The Labute approximate surface area is 125 Å². The van der Waals surface area contributed by atoms with Crippen LogP contribution in [0.1, 0.15) is 11.4 Å². The van der Waals surface area contributed by atoms with E-state index in [-0.39, 0.29) is 0 Å². The Morgan fingerprint density at radius 1 is 0.947 bits per heavy atom. The summed E-state index contributed by atoms with van der Waals surface area (Å²) in [4.78, 5) is 8.94. The lowest BCUT2D eigenvalue weighted by atomic mass is 10.1. The maximum Gasteiger partial charge on any atom is 0.135 e. The van der Waals surface area contributed by atoms with Crippen molar-refractivity contribution in [1.29, 1.82) is 0 Å². The Hall–Kier alpha value is -1.69. The summed E-state index contributed by atoms with van der Waals surface area (Å²) in [6, 6.07) is 16.2. The van der Waals surface area contributed by atoms with E-state index in [1.165, 1.54) is 9.13 Å². The second-order valence-corrected chi connectivity index (χ2v) is 5.59. The Balaban J connectivity index is 1.99. The molecule has 2 N–H and O–H groups in total. The molecule has 3 nitrogen and oxygen atoms in total. The van der Waals surface area contributed by atoms with Gasteiger partial charge >= 0.3 is 0 Å². The van der Waals surface area contributed by atoms with Gasteiger partial charge in [-0.05, 0) is 52.4 Å². The molecule has 0 radical (unpaired) electrons. The third-order valence-electron chi connectivity index (χ3n) is 2.95. The molecule has 1 heterocycles. The van der Waals surface area contributed by atoms with E-state index in [2.05, 4.69) is 56.8 Å². The zero-order valence-electron chi connectivity index (χ0n) is 10.2. The van der Waals surface area contributed by atoms with E-state index in [0.29, 0.717) is 12.2 Å². The monoisotopic (exact) mass is 361 g/mol. The minimum atomic E-state index is 0.547. The molecule has 3 rings (SSSR count). The van der Waals surface area contributed by atoms with Gasteiger partial charge in [-0.15, -0.1) is 0 Å². The molecule has 0 aliphatic carbocycles. The van der Waals surface area contributed by atoms with Crippen molar-refractivity contribution in [3.8, 4) is 0 Å². The van der Waals surface area contributed by atoms with Crippen molar-refractivity contribution in [3.63, 3.8) is 0 Å². The summed E-state index contributed by atoms with van der Waals surface area (Å²) in [7, 11) is 0. The normalized spacial score (nSPS) is 10.8. The lowest BCUT2D eigenvalue weighted by molar-refractivity contribution is 0.997. The van der Waals surface area contributed by atoms with Crippen molar-refractivity contribution >= 4 is 39.3 Å². The van der Waals surface area contributed by atoms with Gasteiger partial charge in [-0.3, -0.25) is 0 Å². The van der Waals surface area contributed by atoms with Gasteiger partial charge in [0.15, 0.2) is 0 Å². The number of nitrogens with two attached hydrogens (primary N) is 1. The largest absolute Gasteiger partial charge is 0.383 e. The maximum absolute atomic E-state index is 5.98. The molecular formula is C15H12IN3. The van der Waals surface area contributed by atoms with Crippen LogP contribution in [-0.2, 0) is 6.42 Å². The van der Waals surface area contributed by atoms with Gasteiger partial charge in [-0.25, -0.2) is 9.97 Å². The highest BCUT2D eigenvalue weighted by atomic mass is 127. The van der Waals surface area contributed by atoms with E-state index in [0.717, 1.165) is 16.7 Å². The van der Waals surface area contributed by atoms with E-state index in [9.17, 15) is 0 Å². The molecule has 2 aromatic carbocycles. The minimum absolute atomic E-state index is 0.547. The number of rotatable bonds is 2. The number of nitrogens with zero attached hydrogens (tertiary/aromatic N) is 2. The number of halogens is 1. The van der Waals surface area contributed by atoms with Gasteiger partial charge in [-0.1, -0.05) is 24.3 Å². The summed E-state index contributed by atoms with van der Waals surface area (Å²) in [5.41, 5.74) is 8.07. The van der Waals surface area contributed by atoms with E-state index in [1.807, 2.05) is 24.3 Å². The van der Waals surface area contributed by atoms with Crippen LogP contribution in [0.5, 0.6) is 0 Å². The van der Waals surface area contributed by atoms with Crippen LogP contribution in [0.4, 0.5) is 5.82 Å². The lowest BCUT2D eigenvalue weighted by Crippen LogP contribution is -2.01. The van der Waals surface area contributed by atoms with Crippen molar-refractivity contribution in [2.45, 2.75) is 6.42 Å². The SMILES string of the molecule is Nc1nc(Cc2ccc(I)cc2)nc2ccccc12. The Morgan fingerprint density at radius 2 is 1.68 bits per heavy atom. The molecule has 1 aromatic heterocycles. The minimum Gasteiger partial charge on any atom is -0.383 e. The lowest BCUT2D eigenvalue weighted by Gasteiger charge is -2.05. The quantitative estimate of drug-likeness (QED) is 0.712. The highest BCUT2D eigenvalue weighted by Crippen LogP contribution is 2.18. The number of fused-ring (bicyclic) bond motifs is 1. The predicted molar refractivity (Wildman–Crippen MR) is 85.9 cm³/mol. The number of aromatic nitrogens is 2. The molecule has 4 heteroatoms. The summed E-state index contributed by atoms with van der Waals surface area (Å²) in [5, 5.41) is 0.911. The second-order valence-electron chi connectivity index (χ2n) is 4.35. The molecule has 0 amide bonds. The molecular weight excluding hydrogens is 349 g/mol. The zero-order chi connectivity index (χ0) is 13.2.